The van der Waals surface area contributed by atoms with E-state index in [0.29, 0.717) is 12.3 Å². The number of carbonyl (C=O) groups excluding carboxylic acids is 2. The molecule has 0 radical (unpaired) electrons. The molecular weight excluding hydrogens is 290 g/mol. The third-order valence-electron chi connectivity index (χ3n) is 3.56. The highest BCUT2D eigenvalue weighted by molar-refractivity contribution is 7.10. The second-order valence-electron chi connectivity index (χ2n) is 5.22. The maximum atomic E-state index is 11.8. The van der Waals surface area contributed by atoms with E-state index in [0.717, 1.165) is 12.8 Å². The van der Waals surface area contributed by atoms with Crippen LogP contribution in [0.15, 0.2) is 28.1 Å². The second-order valence-corrected chi connectivity index (χ2v) is 6.16. The molecule has 2 N–H and O–H groups in total. The van der Waals surface area contributed by atoms with Gasteiger partial charge in [-0.25, -0.2) is 0 Å². The van der Waals surface area contributed by atoms with E-state index in [4.69, 9.17) is 4.52 Å². The molecule has 0 atom stereocenters. The molecule has 0 saturated heterocycles. The highest BCUT2D eigenvalue weighted by Crippen LogP contribution is 2.49. The molecule has 6 nitrogen and oxygen atoms in total. The number of nitrogens with zero attached hydrogens (tertiary/aromatic N) is 1. The summed E-state index contributed by atoms with van der Waals surface area (Å²) in [7, 11) is 0. The smallest absolute Gasteiger partial charge is 0.314 e. The summed E-state index contributed by atoms with van der Waals surface area (Å²) in [6.07, 6.45) is 2.08. The first kappa shape index (κ1) is 13.8. The fourth-order valence-electron chi connectivity index (χ4n) is 2.17. The van der Waals surface area contributed by atoms with E-state index in [1.807, 2.05) is 11.4 Å². The van der Waals surface area contributed by atoms with E-state index >= 15 is 0 Å². The number of aromatic nitrogens is 1. The summed E-state index contributed by atoms with van der Waals surface area (Å²) in [6.45, 7) is 2.19. The Morgan fingerprint density at radius 2 is 2.24 bits per heavy atom. The van der Waals surface area contributed by atoms with Crippen LogP contribution in [0.25, 0.3) is 0 Å². The number of anilines is 1. The van der Waals surface area contributed by atoms with Gasteiger partial charge in [-0.15, -0.1) is 11.3 Å². The molecule has 2 aromatic rings. The molecule has 0 unspecified atom stereocenters. The van der Waals surface area contributed by atoms with Crippen LogP contribution in [-0.4, -0.2) is 23.5 Å². The molecule has 1 saturated carbocycles. The standard InChI is InChI=1S/C14H15N3O3S/c1-9-7-11(17-20-9)16-13(19)12(18)15-8-14(4-5-14)10-3-2-6-21-10/h2-3,6-7H,4-5,8H2,1H3,(H,15,18)(H,16,17,19). The van der Waals surface area contributed by atoms with Gasteiger partial charge in [-0.05, 0) is 31.2 Å². The van der Waals surface area contributed by atoms with Crippen molar-refractivity contribution >= 4 is 29.0 Å². The van der Waals surface area contributed by atoms with Gasteiger partial charge in [0.25, 0.3) is 0 Å². The van der Waals surface area contributed by atoms with Crippen molar-refractivity contribution in [2.75, 3.05) is 11.9 Å². The molecule has 1 aliphatic carbocycles. The lowest BCUT2D eigenvalue weighted by Crippen LogP contribution is -2.39. The van der Waals surface area contributed by atoms with Gasteiger partial charge in [0.1, 0.15) is 5.76 Å². The molecular formula is C14H15N3O3S. The first-order chi connectivity index (χ1) is 10.1. The zero-order valence-electron chi connectivity index (χ0n) is 11.5. The zero-order valence-corrected chi connectivity index (χ0v) is 12.3. The van der Waals surface area contributed by atoms with Gasteiger partial charge in [-0.1, -0.05) is 11.2 Å². The van der Waals surface area contributed by atoms with Crippen LogP contribution in [0.1, 0.15) is 23.5 Å². The molecule has 0 bridgehead atoms. The Morgan fingerprint density at radius 3 is 2.81 bits per heavy atom. The summed E-state index contributed by atoms with van der Waals surface area (Å²) >= 11 is 1.68. The molecule has 0 aliphatic heterocycles. The van der Waals surface area contributed by atoms with Gasteiger partial charge in [0.15, 0.2) is 5.82 Å². The van der Waals surface area contributed by atoms with E-state index in [1.165, 1.54) is 4.88 Å². The topological polar surface area (TPSA) is 84.2 Å². The van der Waals surface area contributed by atoms with Crippen molar-refractivity contribution in [3.63, 3.8) is 0 Å². The predicted octanol–water partition coefficient (Wildman–Crippen LogP) is 1.83. The first-order valence-electron chi connectivity index (χ1n) is 6.66. The summed E-state index contributed by atoms with van der Waals surface area (Å²) < 4.78 is 4.82. The molecule has 7 heteroatoms. The Morgan fingerprint density at radius 1 is 1.43 bits per heavy atom. The van der Waals surface area contributed by atoms with Crippen molar-refractivity contribution in [1.29, 1.82) is 0 Å². The van der Waals surface area contributed by atoms with E-state index < -0.39 is 11.8 Å². The van der Waals surface area contributed by atoms with Crippen molar-refractivity contribution in [3.8, 4) is 0 Å². The van der Waals surface area contributed by atoms with Gasteiger partial charge >= 0.3 is 11.8 Å². The van der Waals surface area contributed by atoms with Gasteiger partial charge in [-0.2, -0.15) is 0 Å². The fourth-order valence-corrected chi connectivity index (χ4v) is 3.16. The van der Waals surface area contributed by atoms with Crippen molar-refractivity contribution < 1.29 is 14.1 Å². The lowest BCUT2D eigenvalue weighted by Gasteiger charge is -2.13. The highest BCUT2D eigenvalue weighted by Gasteiger charge is 2.45. The van der Waals surface area contributed by atoms with Crippen LogP contribution in [0.4, 0.5) is 5.82 Å². The van der Waals surface area contributed by atoms with E-state index in [1.54, 1.807) is 24.3 Å². The van der Waals surface area contributed by atoms with Crippen LogP contribution in [0.2, 0.25) is 0 Å². The second kappa shape index (κ2) is 5.33. The molecule has 2 aromatic heterocycles. The average molecular weight is 305 g/mol. The van der Waals surface area contributed by atoms with Crippen molar-refractivity contribution in [2.45, 2.75) is 25.2 Å². The quantitative estimate of drug-likeness (QED) is 0.844. The summed E-state index contributed by atoms with van der Waals surface area (Å²) in [6, 6.07) is 5.63. The van der Waals surface area contributed by atoms with Crippen LogP contribution in [0.5, 0.6) is 0 Å². The normalized spacial score (nSPS) is 15.5. The minimum Gasteiger partial charge on any atom is -0.360 e. The van der Waals surface area contributed by atoms with Crippen LogP contribution < -0.4 is 10.6 Å². The lowest BCUT2D eigenvalue weighted by atomic mass is 10.1. The largest absolute Gasteiger partial charge is 0.360 e. The van der Waals surface area contributed by atoms with Gasteiger partial charge in [0, 0.05) is 22.9 Å². The third kappa shape index (κ3) is 2.97. The van der Waals surface area contributed by atoms with E-state index in [-0.39, 0.29) is 11.2 Å². The average Bonchev–Trinajstić information content (AvgIpc) is 2.88. The Balaban J connectivity index is 1.53. The van der Waals surface area contributed by atoms with Gasteiger partial charge < -0.3 is 9.84 Å². The summed E-state index contributed by atoms with van der Waals surface area (Å²) in [4.78, 5) is 24.8. The summed E-state index contributed by atoms with van der Waals surface area (Å²) in [5, 5.41) is 10.7. The Bertz CT molecular complexity index is 659. The van der Waals surface area contributed by atoms with E-state index in [9.17, 15) is 9.59 Å². The number of thiophene rings is 1. The summed E-state index contributed by atoms with van der Waals surface area (Å²) in [5.41, 5.74) is 0.0224. The number of hydrogen-bond donors (Lipinski definition) is 2. The minimum absolute atomic E-state index is 0.0224. The third-order valence-corrected chi connectivity index (χ3v) is 4.68. The highest BCUT2D eigenvalue weighted by atomic mass is 32.1. The van der Waals surface area contributed by atoms with Crippen LogP contribution in [-0.2, 0) is 15.0 Å². The molecule has 2 amide bonds. The molecule has 1 fully saturated rings. The van der Waals surface area contributed by atoms with Gasteiger partial charge in [0.2, 0.25) is 0 Å². The number of rotatable bonds is 4. The van der Waals surface area contributed by atoms with Crippen LogP contribution in [0.3, 0.4) is 0 Å². The van der Waals surface area contributed by atoms with Crippen LogP contribution in [0, 0.1) is 6.92 Å². The Labute approximate surface area is 125 Å². The summed E-state index contributed by atoms with van der Waals surface area (Å²) in [5.74, 6) is -0.573. The number of carbonyl (C=O) groups is 2. The molecule has 21 heavy (non-hydrogen) atoms. The van der Waals surface area contributed by atoms with Gasteiger partial charge in [0.05, 0.1) is 0 Å². The first-order valence-corrected chi connectivity index (χ1v) is 7.53. The van der Waals surface area contributed by atoms with Crippen molar-refractivity contribution in [1.82, 2.24) is 10.5 Å². The molecule has 0 aromatic carbocycles. The van der Waals surface area contributed by atoms with Crippen molar-refractivity contribution in [3.05, 3.63) is 34.2 Å². The fraction of sp³-hybridized carbons (Fsp3) is 0.357. The van der Waals surface area contributed by atoms with E-state index in [2.05, 4.69) is 21.9 Å². The molecule has 1 aliphatic rings. The Kier molecular flexibility index (Phi) is 3.50. The lowest BCUT2D eigenvalue weighted by molar-refractivity contribution is -0.136. The SMILES string of the molecule is Cc1cc(NC(=O)C(=O)NCC2(c3cccs3)CC2)no1. The maximum absolute atomic E-state index is 11.8. The maximum Gasteiger partial charge on any atom is 0.314 e. The number of nitrogens with one attached hydrogen (secondary N) is 2. The van der Waals surface area contributed by atoms with Crippen LogP contribution >= 0.6 is 11.3 Å². The number of aryl methyl sites for hydroxylation is 1. The monoisotopic (exact) mass is 305 g/mol. The molecule has 0 spiro atoms. The minimum atomic E-state index is -0.731. The Hall–Kier alpha value is -2.15. The van der Waals surface area contributed by atoms with Gasteiger partial charge in [-0.3, -0.25) is 14.9 Å². The van der Waals surface area contributed by atoms with Crippen molar-refractivity contribution in [2.24, 2.45) is 0 Å². The zero-order chi connectivity index (χ0) is 14.9. The molecule has 3 rings (SSSR count). The molecule has 110 valence electrons. The predicted molar refractivity (Wildman–Crippen MR) is 78.1 cm³/mol. The number of hydrogen-bond acceptors (Lipinski definition) is 5. The number of amides is 2. The molecule has 2 heterocycles.